The highest BCUT2D eigenvalue weighted by Crippen LogP contribution is 2.28. The first-order valence-corrected chi connectivity index (χ1v) is 11.3. The van der Waals surface area contributed by atoms with Crippen LogP contribution in [0.1, 0.15) is 11.1 Å². The summed E-state index contributed by atoms with van der Waals surface area (Å²) >= 11 is 12.9. The molecule has 6 nitrogen and oxygen atoms in total. The van der Waals surface area contributed by atoms with Gasteiger partial charge < -0.3 is 9.84 Å². The SMILES string of the molecule is O=C(O)/C(=C/c1ccc(OCc2cccc(Cl)c2)cc1)Sc1n[nH]c(-c2ccc(Cl)cc2)n1. The van der Waals surface area contributed by atoms with Crippen LogP contribution in [0.4, 0.5) is 0 Å². The van der Waals surface area contributed by atoms with Crippen molar-refractivity contribution in [2.75, 3.05) is 0 Å². The van der Waals surface area contributed by atoms with Gasteiger partial charge in [0.25, 0.3) is 0 Å². The van der Waals surface area contributed by atoms with E-state index < -0.39 is 5.97 Å². The lowest BCUT2D eigenvalue weighted by Crippen LogP contribution is -1.97. The van der Waals surface area contributed by atoms with E-state index in [2.05, 4.69) is 15.2 Å². The molecule has 4 aromatic rings. The standard InChI is InChI=1S/C24H17Cl2N3O3S/c25-18-8-6-17(7-9-18)22-27-24(29-28-22)33-21(23(30)31)13-15-4-10-20(11-5-15)32-14-16-2-1-3-19(26)12-16/h1-13H,14H2,(H,30,31)(H,27,28,29)/b21-13-. The number of thioether (sulfide) groups is 1. The summed E-state index contributed by atoms with van der Waals surface area (Å²) in [6.45, 7) is 0.382. The Labute approximate surface area is 204 Å². The molecule has 1 heterocycles. The Kier molecular flexibility index (Phi) is 7.34. The van der Waals surface area contributed by atoms with Crippen molar-refractivity contribution in [3.8, 4) is 17.1 Å². The molecule has 0 aliphatic carbocycles. The van der Waals surface area contributed by atoms with Crippen LogP contribution in [0.5, 0.6) is 5.75 Å². The van der Waals surface area contributed by atoms with Crippen molar-refractivity contribution in [2.45, 2.75) is 11.8 Å². The lowest BCUT2D eigenvalue weighted by molar-refractivity contribution is -0.131. The third-order valence-corrected chi connectivity index (χ3v) is 5.83. The van der Waals surface area contributed by atoms with Gasteiger partial charge in [0, 0.05) is 15.6 Å². The molecule has 0 unspecified atom stereocenters. The van der Waals surface area contributed by atoms with Crippen LogP contribution in [-0.4, -0.2) is 26.3 Å². The van der Waals surface area contributed by atoms with Gasteiger partial charge in [0.05, 0.1) is 0 Å². The van der Waals surface area contributed by atoms with E-state index in [9.17, 15) is 9.90 Å². The molecule has 0 aliphatic rings. The second kappa shape index (κ2) is 10.6. The van der Waals surface area contributed by atoms with Gasteiger partial charge in [-0.05, 0) is 77.5 Å². The number of rotatable bonds is 8. The van der Waals surface area contributed by atoms with Gasteiger partial charge in [-0.2, -0.15) is 0 Å². The van der Waals surface area contributed by atoms with Gasteiger partial charge in [-0.3, -0.25) is 5.10 Å². The number of nitrogens with zero attached hydrogens (tertiary/aromatic N) is 2. The monoisotopic (exact) mass is 497 g/mol. The molecule has 33 heavy (non-hydrogen) atoms. The number of hydrogen-bond acceptors (Lipinski definition) is 5. The zero-order valence-corrected chi connectivity index (χ0v) is 19.4. The van der Waals surface area contributed by atoms with E-state index in [1.807, 2.05) is 18.2 Å². The smallest absolute Gasteiger partial charge is 0.342 e. The molecule has 9 heteroatoms. The maximum Gasteiger partial charge on any atom is 0.342 e. The minimum atomic E-state index is -1.07. The highest BCUT2D eigenvalue weighted by molar-refractivity contribution is 8.04. The topological polar surface area (TPSA) is 88.1 Å². The van der Waals surface area contributed by atoms with Crippen molar-refractivity contribution in [2.24, 2.45) is 0 Å². The van der Waals surface area contributed by atoms with Crippen molar-refractivity contribution in [1.29, 1.82) is 0 Å². The number of carboxylic acids is 1. The average molecular weight is 498 g/mol. The number of ether oxygens (including phenoxy) is 1. The Morgan fingerprint density at radius 3 is 2.48 bits per heavy atom. The number of carboxylic acid groups (broad SMARTS) is 1. The van der Waals surface area contributed by atoms with Gasteiger partial charge in [-0.1, -0.05) is 47.5 Å². The van der Waals surface area contributed by atoms with E-state index in [0.717, 1.165) is 22.9 Å². The van der Waals surface area contributed by atoms with Gasteiger partial charge >= 0.3 is 5.97 Å². The molecule has 3 aromatic carbocycles. The van der Waals surface area contributed by atoms with Gasteiger partial charge in [-0.15, -0.1) is 5.10 Å². The van der Waals surface area contributed by atoms with Crippen molar-refractivity contribution in [3.63, 3.8) is 0 Å². The third kappa shape index (κ3) is 6.38. The Hall–Kier alpha value is -3.26. The number of carbonyl (C=O) groups is 1. The Morgan fingerprint density at radius 2 is 1.79 bits per heavy atom. The molecular formula is C24H17Cl2N3O3S. The minimum Gasteiger partial charge on any atom is -0.489 e. The summed E-state index contributed by atoms with van der Waals surface area (Å²) in [6.07, 6.45) is 1.56. The van der Waals surface area contributed by atoms with Gasteiger partial charge in [0.1, 0.15) is 17.3 Å². The molecule has 0 bridgehead atoms. The minimum absolute atomic E-state index is 0.0873. The van der Waals surface area contributed by atoms with Crippen LogP contribution in [0.2, 0.25) is 10.0 Å². The summed E-state index contributed by atoms with van der Waals surface area (Å²) in [7, 11) is 0. The zero-order valence-electron chi connectivity index (χ0n) is 17.0. The molecule has 0 radical (unpaired) electrons. The van der Waals surface area contributed by atoms with E-state index in [4.69, 9.17) is 27.9 Å². The van der Waals surface area contributed by atoms with Gasteiger partial charge in [-0.25, -0.2) is 9.78 Å². The Balaban J connectivity index is 1.43. The fraction of sp³-hybridized carbons (Fsp3) is 0.0417. The number of benzene rings is 3. The Morgan fingerprint density at radius 1 is 1.03 bits per heavy atom. The van der Waals surface area contributed by atoms with Crippen LogP contribution < -0.4 is 4.74 Å². The normalized spacial score (nSPS) is 11.4. The van der Waals surface area contributed by atoms with Crippen LogP contribution in [0.15, 0.2) is 82.9 Å². The summed E-state index contributed by atoms with van der Waals surface area (Å²) < 4.78 is 5.77. The van der Waals surface area contributed by atoms with Crippen LogP contribution in [0.25, 0.3) is 17.5 Å². The second-order valence-electron chi connectivity index (χ2n) is 6.88. The molecule has 166 valence electrons. The molecule has 0 amide bonds. The molecular weight excluding hydrogens is 481 g/mol. The summed E-state index contributed by atoms with van der Waals surface area (Å²) in [5.74, 6) is 0.123. The number of aromatic amines is 1. The lowest BCUT2D eigenvalue weighted by atomic mass is 10.2. The first-order chi connectivity index (χ1) is 16.0. The number of aromatic nitrogens is 3. The summed E-state index contributed by atoms with van der Waals surface area (Å²) in [5.41, 5.74) is 2.47. The predicted octanol–water partition coefficient (Wildman–Crippen LogP) is 6.58. The molecule has 0 saturated carbocycles. The third-order valence-electron chi connectivity index (χ3n) is 4.47. The average Bonchev–Trinajstić information content (AvgIpc) is 3.27. The number of halogens is 2. The van der Waals surface area contributed by atoms with E-state index in [1.54, 1.807) is 60.7 Å². The van der Waals surface area contributed by atoms with Crippen LogP contribution in [0, 0.1) is 0 Å². The molecule has 2 N–H and O–H groups in total. The first kappa shape index (κ1) is 22.9. The largest absolute Gasteiger partial charge is 0.489 e. The maximum atomic E-state index is 11.8. The Bertz CT molecular complexity index is 1290. The zero-order chi connectivity index (χ0) is 23.2. The van der Waals surface area contributed by atoms with Crippen molar-refractivity contribution >= 4 is 47.0 Å². The maximum absolute atomic E-state index is 11.8. The first-order valence-electron chi connectivity index (χ1n) is 9.75. The summed E-state index contributed by atoms with van der Waals surface area (Å²) in [4.78, 5) is 16.2. The fourth-order valence-corrected chi connectivity index (χ4v) is 3.91. The fourth-order valence-electron chi connectivity index (χ4n) is 2.87. The molecule has 0 saturated heterocycles. The van der Waals surface area contributed by atoms with E-state index in [0.29, 0.717) is 38.9 Å². The molecule has 1 aromatic heterocycles. The quantitative estimate of drug-likeness (QED) is 0.211. The number of aliphatic carboxylic acids is 1. The molecule has 0 aliphatic heterocycles. The van der Waals surface area contributed by atoms with E-state index in [1.165, 1.54) is 0 Å². The second-order valence-corrected chi connectivity index (χ2v) is 8.76. The summed E-state index contributed by atoms with van der Waals surface area (Å²) in [5, 5.41) is 18.1. The van der Waals surface area contributed by atoms with Crippen molar-refractivity contribution in [3.05, 3.63) is 98.9 Å². The number of H-pyrrole nitrogens is 1. The number of hydrogen-bond donors (Lipinski definition) is 2. The molecule has 4 rings (SSSR count). The van der Waals surface area contributed by atoms with Gasteiger partial charge in [0.15, 0.2) is 5.82 Å². The lowest BCUT2D eigenvalue weighted by Gasteiger charge is -2.07. The van der Waals surface area contributed by atoms with Crippen LogP contribution >= 0.6 is 35.0 Å². The van der Waals surface area contributed by atoms with Crippen LogP contribution in [-0.2, 0) is 11.4 Å². The van der Waals surface area contributed by atoms with Crippen molar-refractivity contribution < 1.29 is 14.6 Å². The highest BCUT2D eigenvalue weighted by atomic mass is 35.5. The molecule has 0 atom stereocenters. The molecule has 0 fully saturated rings. The predicted molar refractivity (Wildman–Crippen MR) is 131 cm³/mol. The van der Waals surface area contributed by atoms with E-state index >= 15 is 0 Å². The number of nitrogens with one attached hydrogen (secondary N) is 1. The summed E-state index contributed by atoms with van der Waals surface area (Å²) in [6, 6.07) is 21.7. The van der Waals surface area contributed by atoms with Crippen LogP contribution in [0.3, 0.4) is 0 Å². The van der Waals surface area contributed by atoms with Gasteiger partial charge in [0.2, 0.25) is 5.16 Å². The van der Waals surface area contributed by atoms with Crippen molar-refractivity contribution in [1.82, 2.24) is 15.2 Å². The highest BCUT2D eigenvalue weighted by Gasteiger charge is 2.14. The molecule has 0 spiro atoms. The van der Waals surface area contributed by atoms with E-state index in [-0.39, 0.29) is 4.91 Å².